The van der Waals surface area contributed by atoms with Gasteiger partial charge in [-0.2, -0.15) is 0 Å². The third-order valence-electron chi connectivity index (χ3n) is 4.54. The van der Waals surface area contributed by atoms with E-state index in [-0.39, 0.29) is 5.91 Å². The van der Waals surface area contributed by atoms with E-state index in [4.69, 9.17) is 5.73 Å². The van der Waals surface area contributed by atoms with Crippen LogP contribution in [0.3, 0.4) is 0 Å². The van der Waals surface area contributed by atoms with Crippen molar-refractivity contribution in [3.63, 3.8) is 0 Å². The second-order valence-corrected chi connectivity index (χ2v) is 6.02. The number of rotatable bonds is 3. The largest absolute Gasteiger partial charge is 0.371 e. The molecule has 1 aliphatic heterocycles. The average Bonchev–Trinajstić information content (AvgIpc) is 2.55. The molecule has 1 saturated heterocycles. The monoisotopic (exact) mass is 294 g/mol. The molecule has 0 radical (unpaired) electrons. The Labute approximate surface area is 131 Å². The van der Waals surface area contributed by atoms with Crippen LogP contribution in [0.4, 0.5) is 5.69 Å². The van der Waals surface area contributed by atoms with Crippen LogP contribution in [0, 0.1) is 6.92 Å². The van der Waals surface area contributed by atoms with E-state index in [0.717, 1.165) is 37.1 Å². The van der Waals surface area contributed by atoms with Gasteiger partial charge in [-0.25, -0.2) is 0 Å². The van der Waals surface area contributed by atoms with Gasteiger partial charge < -0.3 is 10.6 Å². The Morgan fingerprint density at radius 1 is 1.14 bits per heavy atom. The van der Waals surface area contributed by atoms with E-state index in [1.54, 1.807) is 0 Å². The second kappa shape index (κ2) is 6.22. The minimum atomic E-state index is -0.324. The molecule has 0 spiro atoms. The summed E-state index contributed by atoms with van der Waals surface area (Å²) in [4.78, 5) is 14.2. The minimum absolute atomic E-state index is 0.324. The minimum Gasteiger partial charge on any atom is -0.371 e. The van der Waals surface area contributed by atoms with Gasteiger partial charge in [-0.15, -0.1) is 0 Å². The van der Waals surface area contributed by atoms with Gasteiger partial charge in [0.15, 0.2) is 0 Å². The number of anilines is 1. The van der Waals surface area contributed by atoms with Gasteiger partial charge in [0.25, 0.3) is 0 Å². The van der Waals surface area contributed by atoms with Crippen molar-refractivity contribution in [1.29, 1.82) is 0 Å². The van der Waals surface area contributed by atoms with Gasteiger partial charge in [0.1, 0.15) is 0 Å². The third kappa shape index (κ3) is 2.84. The lowest BCUT2D eigenvalue weighted by Gasteiger charge is -2.35. The number of piperidine rings is 1. The summed E-state index contributed by atoms with van der Waals surface area (Å²) in [5.74, 6) is 0.0354. The van der Waals surface area contributed by atoms with Crippen LogP contribution in [0.2, 0.25) is 0 Å². The molecule has 3 heteroatoms. The van der Waals surface area contributed by atoms with Crippen LogP contribution in [0.25, 0.3) is 0 Å². The summed E-state index contributed by atoms with van der Waals surface area (Å²) in [5.41, 5.74) is 9.81. The molecule has 114 valence electrons. The number of amides is 1. The third-order valence-corrected chi connectivity index (χ3v) is 4.54. The number of hydrogen-bond donors (Lipinski definition) is 1. The van der Waals surface area contributed by atoms with Gasteiger partial charge in [0.05, 0.1) is 0 Å². The van der Waals surface area contributed by atoms with E-state index >= 15 is 0 Å². The molecule has 3 nitrogen and oxygen atoms in total. The van der Waals surface area contributed by atoms with E-state index in [9.17, 15) is 4.79 Å². The van der Waals surface area contributed by atoms with Crippen molar-refractivity contribution in [2.45, 2.75) is 25.7 Å². The van der Waals surface area contributed by atoms with Crippen molar-refractivity contribution in [2.75, 3.05) is 18.0 Å². The molecule has 1 atom stereocenters. The summed E-state index contributed by atoms with van der Waals surface area (Å²) in [6.07, 6.45) is 2.24. The van der Waals surface area contributed by atoms with Crippen LogP contribution >= 0.6 is 0 Å². The molecule has 2 aromatic carbocycles. The first-order valence-electron chi connectivity index (χ1n) is 7.86. The van der Waals surface area contributed by atoms with Gasteiger partial charge in [-0.1, -0.05) is 30.3 Å². The first kappa shape index (κ1) is 14.6. The fourth-order valence-electron chi connectivity index (χ4n) is 3.52. The number of carbonyl (C=O) groups is 1. The predicted octanol–water partition coefficient (Wildman–Crippen LogP) is 3.48. The Morgan fingerprint density at radius 3 is 2.64 bits per heavy atom. The fraction of sp³-hybridized carbons (Fsp3) is 0.316. The van der Waals surface area contributed by atoms with Gasteiger partial charge >= 0.3 is 0 Å². The lowest BCUT2D eigenvalue weighted by atomic mass is 9.84. The van der Waals surface area contributed by atoms with Gasteiger partial charge in [0, 0.05) is 30.3 Å². The molecule has 1 aliphatic rings. The zero-order valence-corrected chi connectivity index (χ0v) is 13.0. The number of hydrogen-bond acceptors (Lipinski definition) is 2. The number of carbonyl (C=O) groups excluding carboxylic acids is 1. The summed E-state index contributed by atoms with van der Waals surface area (Å²) < 4.78 is 0. The number of primary amides is 1. The maximum absolute atomic E-state index is 11.8. The van der Waals surface area contributed by atoms with E-state index in [1.165, 1.54) is 5.69 Å². The lowest BCUT2D eigenvalue weighted by Crippen LogP contribution is -2.35. The number of benzene rings is 2. The zero-order valence-electron chi connectivity index (χ0n) is 13.0. The predicted molar refractivity (Wildman–Crippen MR) is 90.3 cm³/mol. The van der Waals surface area contributed by atoms with Crippen molar-refractivity contribution in [1.82, 2.24) is 0 Å². The number of para-hydroxylation sites is 1. The highest BCUT2D eigenvalue weighted by Gasteiger charge is 2.25. The highest BCUT2D eigenvalue weighted by atomic mass is 16.1. The molecule has 2 N–H and O–H groups in total. The first-order chi connectivity index (χ1) is 10.7. The molecule has 0 aromatic heterocycles. The molecule has 1 heterocycles. The van der Waals surface area contributed by atoms with Gasteiger partial charge in [-0.05, 0) is 49.1 Å². The van der Waals surface area contributed by atoms with Crippen LogP contribution in [0.1, 0.15) is 40.2 Å². The molecule has 0 aliphatic carbocycles. The summed E-state index contributed by atoms with van der Waals surface area (Å²) in [7, 11) is 0. The molecule has 22 heavy (non-hydrogen) atoms. The number of nitrogens with zero attached hydrogens (tertiary/aromatic N) is 1. The van der Waals surface area contributed by atoms with Crippen molar-refractivity contribution in [3.8, 4) is 0 Å². The van der Waals surface area contributed by atoms with Gasteiger partial charge in [-0.3, -0.25) is 4.79 Å². The Balaban J connectivity index is 1.91. The maximum atomic E-state index is 11.8. The normalized spacial score (nSPS) is 18.2. The molecule has 1 unspecified atom stereocenters. The molecule has 2 aromatic rings. The van der Waals surface area contributed by atoms with Crippen LogP contribution in [0.5, 0.6) is 0 Å². The maximum Gasteiger partial charge on any atom is 0.248 e. The van der Waals surface area contributed by atoms with Crippen molar-refractivity contribution < 1.29 is 4.79 Å². The van der Waals surface area contributed by atoms with Crippen LogP contribution in [-0.2, 0) is 0 Å². The highest BCUT2D eigenvalue weighted by molar-refractivity contribution is 5.95. The van der Waals surface area contributed by atoms with Crippen LogP contribution < -0.4 is 10.6 Å². The second-order valence-electron chi connectivity index (χ2n) is 6.02. The summed E-state index contributed by atoms with van der Waals surface area (Å²) in [6.45, 7) is 4.08. The van der Waals surface area contributed by atoms with E-state index in [2.05, 4.69) is 42.2 Å². The molecule has 0 bridgehead atoms. The van der Waals surface area contributed by atoms with E-state index in [0.29, 0.717) is 11.5 Å². The number of aryl methyl sites for hydroxylation is 1. The fourth-order valence-corrected chi connectivity index (χ4v) is 3.52. The SMILES string of the molecule is Cc1cccc(C(N)=O)c1C1CCCN(c2ccccc2)C1. The zero-order chi connectivity index (χ0) is 15.5. The molecule has 3 rings (SSSR count). The lowest BCUT2D eigenvalue weighted by molar-refractivity contribution is 0.0998. The number of nitrogens with two attached hydrogens (primary N) is 1. The quantitative estimate of drug-likeness (QED) is 0.942. The topological polar surface area (TPSA) is 46.3 Å². The van der Waals surface area contributed by atoms with E-state index < -0.39 is 0 Å². The summed E-state index contributed by atoms with van der Waals surface area (Å²) >= 11 is 0. The molecular weight excluding hydrogens is 272 g/mol. The molecular formula is C19H22N2O. The molecule has 0 saturated carbocycles. The van der Waals surface area contributed by atoms with E-state index in [1.807, 2.05) is 18.2 Å². The molecule has 1 amide bonds. The van der Waals surface area contributed by atoms with Crippen molar-refractivity contribution in [3.05, 3.63) is 65.2 Å². The summed E-state index contributed by atoms with van der Waals surface area (Å²) in [5, 5.41) is 0. The Bertz CT molecular complexity index is 666. The Morgan fingerprint density at radius 2 is 1.91 bits per heavy atom. The van der Waals surface area contributed by atoms with Crippen LogP contribution in [0.15, 0.2) is 48.5 Å². The average molecular weight is 294 g/mol. The standard InChI is InChI=1S/C19H22N2O/c1-14-7-5-11-17(19(20)22)18(14)15-8-6-12-21(13-15)16-9-3-2-4-10-16/h2-5,7,9-11,15H,6,8,12-13H2,1H3,(H2,20,22). The van der Waals surface area contributed by atoms with Crippen LogP contribution in [-0.4, -0.2) is 19.0 Å². The highest BCUT2D eigenvalue weighted by Crippen LogP contribution is 2.33. The molecule has 1 fully saturated rings. The smallest absolute Gasteiger partial charge is 0.248 e. The first-order valence-corrected chi connectivity index (χ1v) is 7.86. The summed E-state index contributed by atoms with van der Waals surface area (Å²) in [6, 6.07) is 16.3. The van der Waals surface area contributed by atoms with Crippen molar-refractivity contribution >= 4 is 11.6 Å². The van der Waals surface area contributed by atoms with Gasteiger partial charge in [0.2, 0.25) is 5.91 Å². The Kier molecular flexibility index (Phi) is 4.14. The Hall–Kier alpha value is -2.29. The van der Waals surface area contributed by atoms with Crippen molar-refractivity contribution in [2.24, 2.45) is 5.73 Å².